The van der Waals surface area contributed by atoms with E-state index in [4.69, 9.17) is 11.6 Å². The van der Waals surface area contributed by atoms with Crippen LogP contribution in [0.4, 0.5) is 11.4 Å². The highest BCUT2D eigenvalue weighted by Crippen LogP contribution is 2.28. The molecule has 0 heterocycles. The van der Waals surface area contributed by atoms with Crippen LogP contribution in [0, 0.1) is 17.0 Å². The molecule has 0 saturated heterocycles. The smallest absolute Gasteiger partial charge is 0.271 e. The molecule has 0 radical (unpaired) electrons. The molecule has 2 aromatic rings. The van der Waals surface area contributed by atoms with Crippen LogP contribution in [0.5, 0.6) is 0 Å². The third kappa shape index (κ3) is 7.92. The van der Waals surface area contributed by atoms with Crippen LogP contribution in [0.1, 0.15) is 38.8 Å². The molecule has 1 atom stereocenters. The number of non-ortho nitro benzene ring substituents is 1. The molecule has 0 bridgehead atoms. The van der Waals surface area contributed by atoms with Gasteiger partial charge in [0.15, 0.2) is 0 Å². The molecule has 1 unspecified atom stereocenters. The molecule has 2 amide bonds. The molecular formula is C24H31ClN4O6S. The first kappa shape index (κ1) is 29.1. The molecule has 12 heteroatoms. The number of hydrogen-bond donors (Lipinski definition) is 1. The van der Waals surface area contributed by atoms with Crippen LogP contribution in [-0.2, 0) is 26.2 Å². The summed E-state index contributed by atoms with van der Waals surface area (Å²) in [5.74, 6) is -1.07. The third-order valence-electron chi connectivity index (χ3n) is 5.28. The Kier molecular flexibility index (Phi) is 9.08. The van der Waals surface area contributed by atoms with Gasteiger partial charge in [-0.05, 0) is 57.9 Å². The molecular weight excluding hydrogens is 508 g/mol. The Morgan fingerprint density at radius 2 is 1.72 bits per heavy atom. The van der Waals surface area contributed by atoms with E-state index in [1.165, 1.54) is 17.0 Å². The van der Waals surface area contributed by atoms with Gasteiger partial charge in [0.1, 0.15) is 12.6 Å². The maximum atomic E-state index is 13.6. The molecule has 0 spiro atoms. The van der Waals surface area contributed by atoms with Crippen LogP contribution in [-0.4, -0.2) is 54.4 Å². The van der Waals surface area contributed by atoms with Gasteiger partial charge >= 0.3 is 0 Å². The zero-order valence-corrected chi connectivity index (χ0v) is 22.7. The molecule has 1 N–H and O–H groups in total. The van der Waals surface area contributed by atoms with E-state index in [2.05, 4.69) is 5.32 Å². The average molecular weight is 539 g/mol. The second-order valence-corrected chi connectivity index (χ2v) is 11.9. The number of halogens is 1. The van der Waals surface area contributed by atoms with Crippen molar-refractivity contribution in [2.45, 2.75) is 52.7 Å². The van der Waals surface area contributed by atoms with Crippen LogP contribution in [0.25, 0.3) is 0 Å². The van der Waals surface area contributed by atoms with Crippen molar-refractivity contribution < 1.29 is 22.9 Å². The van der Waals surface area contributed by atoms with Crippen molar-refractivity contribution >= 4 is 44.8 Å². The van der Waals surface area contributed by atoms with Gasteiger partial charge in [0.2, 0.25) is 21.8 Å². The van der Waals surface area contributed by atoms with E-state index in [9.17, 15) is 28.1 Å². The quantitative estimate of drug-likeness (QED) is 0.383. The summed E-state index contributed by atoms with van der Waals surface area (Å²) in [6, 6.07) is 9.55. The van der Waals surface area contributed by atoms with Crippen LogP contribution in [0.2, 0.25) is 5.02 Å². The summed E-state index contributed by atoms with van der Waals surface area (Å²) in [5, 5.41) is 14.6. The lowest BCUT2D eigenvalue weighted by molar-refractivity contribution is -0.384. The maximum absolute atomic E-state index is 13.6. The topological polar surface area (TPSA) is 130 Å². The monoisotopic (exact) mass is 538 g/mol. The minimum Gasteiger partial charge on any atom is -0.350 e. The SMILES string of the molecule is Cc1ccc([N+](=O)[O-])cc1N(CC(=O)N(Cc1ccc(Cl)cc1)C(C)C(=O)NC(C)(C)C)S(C)(=O)=O. The molecule has 0 saturated carbocycles. The number of sulfonamides is 1. The lowest BCUT2D eigenvalue weighted by atomic mass is 10.1. The summed E-state index contributed by atoms with van der Waals surface area (Å²) in [7, 11) is -4.02. The molecule has 10 nitrogen and oxygen atoms in total. The van der Waals surface area contributed by atoms with Crippen molar-refractivity contribution in [1.29, 1.82) is 0 Å². The third-order valence-corrected chi connectivity index (χ3v) is 6.66. The van der Waals surface area contributed by atoms with Gasteiger partial charge in [-0.25, -0.2) is 8.42 Å². The number of carbonyl (C=O) groups is 2. The van der Waals surface area contributed by atoms with Gasteiger partial charge in [0.05, 0.1) is 16.9 Å². The number of carbonyl (C=O) groups excluding carboxylic acids is 2. The summed E-state index contributed by atoms with van der Waals surface area (Å²) in [6.45, 7) is 7.92. The van der Waals surface area contributed by atoms with Gasteiger partial charge in [-0.15, -0.1) is 0 Å². The Balaban J connectivity index is 2.49. The highest BCUT2D eigenvalue weighted by atomic mass is 35.5. The standard InChI is InChI=1S/C24H31ClN4O6S/c1-16-7-12-20(29(32)33)13-21(16)28(36(6,34)35)15-22(30)27(14-18-8-10-19(25)11-9-18)17(2)23(31)26-24(3,4)5/h7-13,17H,14-15H2,1-6H3,(H,26,31). The highest BCUT2D eigenvalue weighted by molar-refractivity contribution is 7.92. The van der Waals surface area contributed by atoms with Gasteiger partial charge in [0, 0.05) is 29.2 Å². The van der Waals surface area contributed by atoms with E-state index < -0.39 is 44.9 Å². The number of aryl methyl sites for hydroxylation is 1. The predicted molar refractivity (Wildman–Crippen MR) is 139 cm³/mol. The molecule has 0 fully saturated rings. The second-order valence-electron chi connectivity index (χ2n) is 9.56. The largest absolute Gasteiger partial charge is 0.350 e. The zero-order chi connectivity index (χ0) is 27.4. The molecule has 196 valence electrons. The van der Waals surface area contributed by atoms with Crippen LogP contribution >= 0.6 is 11.6 Å². The Hall–Kier alpha value is -3.18. The number of nitrogens with one attached hydrogen (secondary N) is 1. The molecule has 0 aliphatic carbocycles. The minimum atomic E-state index is -4.02. The fourth-order valence-corrected chi connectivity index (χ4v) is 4.44. The van der Waals surface area contributed by atoms with Crippen LogP contribution < -0.4 is 9.62 Å². The first-order valence-electron chi connectivity index (χ1n) is 11.1. The van der Waals surface area contributed by atoms with Gasteiger partial charge in [-0.1, -0.05) is 29.8 Å². The highest BCUT2D eigenvalue weighted by Gasteiger charge is 2.32. The number of rotatable bonds is 9. The van der Waals surface area contributed by atoms with Gasteiger partial charge in [-0.3, -0.25) is 24.0 Å². The van der Waals surface area contributed by atoms with Crippen LogP contribution in [0.3, 0.4) is 0 Å². The average Bonchev–Trinajstić information content (AvgIpc) is 2.75. The first-order chi connectivity index (χ1) is 16.5. The van der Waals surface area contributed by atoms with E-state index in [1.54, 1.807) is 58.9 Å². The van der Waals surface area contributed by atoms with E-state index in [0.717, 1.165) is 16.6 Å². The number of hydrogen-bond acceptors (Lipinski definition) is 6. The van der Waals surface area contributed by atoms with E-state index >= 15 is 0 Å². The summed E-state index contributed by atoms with van der Waals surface area (Å²) in [6.07, 6.45) is 0.915. The lowest BCUT2D eigenvalue weighted by Gasteiger charge is -2.33. The summed E-state index contributed by atoms with van der Waals surface area (Å²) < 4.78 is 26.2. The molecule has 0 aliphatic heterocycles. The number of nitrogens with zero attached hydrogens (tertiary/aromatic N) is 3. The van der Waals surface area contributed by atoms with Gasteiger partial charge in [-0.2, -0.15) is 0 Å². The molecule has 0 aromatic heterocycles. The predicted octanol–water partition coefficient (Wildman–Crippen LogP) is 3.65. The van der Waals surface area contributed by atoms with Crippen molar-refractivity contribution in [3.05, 3.63) is 68.7 Å². The Labute approximate surface area is 216 Å². The van der Waals surface area contributed by atoms with Crippen molar-refractivity contribution in [2.24, 2.45) is 0 Å². The Morgan fingerprint density at radius 1 is 1.14 bits per heavy atom. The van der Waals surface area contributed by atoms with Crippen molar-refractivity contribution in [1.82, 2.24) is 10.2 Å². The molecule has 2 aromatic carbocycles. The second kappa shape index (κ2) is 11.3. The normalized spacial score (nSPS) is 12.5. The Morgan fingerprint density at radius 3 is 2.22 bits per heavy atom. The number of amides is 2. The van der Waals surface area contributed by atoms with Gasteiger partial charge < -0.3 is 10.2 Å². The van der Waals surface area contributed by atoms with E-state index in [-0.39, 0.29) is 17.9 Å². The fraction of sp³-hybridized carbons (Fsp3) is 0.417. The van der Waals surface area contributed by atoms with E-state index in [1.807, 2.05) is 0 Å². The molecule has 0 aliphatic rings. The molecule has 2 rings (SSSR count). The van der Waals surface area contributed by atoms with E-state index in [0.29, 0.717) is 16.1 Å². The van der Waals surface area contributed by atoms with Gasteiger partial charge in [0.25, 0.3) is 5.69 Å². The van der Waals surface area contributed by atoms with Crippen molar-refractivity contribution in [3.8, 4) is 0 Å². The van der Waals surface area contributed by atoms with Crippen molar-refractivity contribution in [2.75, 3.05) is 17.1 Å². The number of nitro groups is 1. The number of nitro benzene ring substituents is 1. The first-order valence-corrected chi connectivity index (χ1v) is 13.3. The van der Waals surface area contributed by atoms with Crippen LogP contribution in [0.15, 0.2) is 42.5 Å². The summed E-state index contributed by atoms with van der Waals surface area (Å²) in [5.41, 5.74) is 0.257. The summed E-state index contributed by atoms with van der Waals surface area (Å²) in [4.78, 5) is 38.4. The fourth-order valence-electron chi connectivity index (χ4n) is 3.42. The zero-order valence-electron chi connectivity index (χ0n) is 21.1. The molecule has 36 heavy (non-hydrogen) atoms. The summed E-state index contributed by atoms with van der Waals surface area (Å²) >= 11 is 5.97. The number of anilines is 1. The maximum Gasteiger partial charge on any atom is 0.271 e. The minimum absolute atomic E-state index is 0.0123. The lowest BCUT2D eigenvalue weighted by Crippen LogP contribution is -2.54. The van der Waals surface area contributed by atoms with Crippen molar-refractivity contribution in [3.63, 3.8) is 0 Å². The number of benzene rings is 2. The Bertz CT molecular complexity index is 1240.